The summed E-state index contributed by atoms with van der Waals surface area (Å²) in [6.45, 7) is 4.62. The molecule has 0 spiro atoms. The molecule has 4 heteroatoms. The number of rotatable bonds is 2. The highest BCUT2D eigenvalue weighted by Gasteiger charge is 2.25. The largest absolute Gasteiger partial charge is 0.366 e. The standard InChI is InChI=1S/C12H18ClN3/c1-8-3-4-11(9(2)5-8)16-12-10(13)6-14-7-15-12/h6-9,11H,3-5H2,1-2H3,(H,14,15,16). The number of anilines is 1. The van der Waals surface area contributed by atoms with Crippen LogP contribution in [0.25, 0.3) is 0 Å². The maximum absolute atomic E-state index is 6.03. The van der Waals surface area contributed by atoms with Crippen molar-refractivity contribution in [1.82, 2.24) is 9.97 Å². The van der Waals surface area contributed by atoms with E-state index in [0.29, 0.717) is 17.0 Å². The van der Waals surface area contributed by atoms with Crippen LogP contribution in [0.1, 0.15) is 33.1 Å². The molecule has 0 radical (unpaired) electrons. The first kappa shape index (κ1) is 11.6. The van der Waals surface area contributed by atoms with Crippen molar-refractivity contribution in [3.05, 3.63) is 17.5 Å². The third kappa shape index (κ3) is 2.64. The summed E-state index contributed by atoms with van der Waals surface area (Å²) in [5, 5.41) is 4.04. The van der Waals surface area contributed by atoms with Gasteiger partial charge in [-0.3, -0.25) is 0 Å². The molecule has 0 bridgehead atoms. The normalized spacial score (nSPS) is 30.1. The average Bonchev–Trinajstić information content (AvgIpc) is 2.25. The van der Waals surface area contributed by atoms with Gasteiger partial charge in [-0.05, 0) is 31.1 Å². The Morgan fingerprint density at radius 1 is 1.38 bits per heavy atom. The van der Waals surface area contributed by atoms with E-state index in [1.165, 1.54) is 25.6 Å². The molecule has 1 saturated carbocycles. The second kappa shape index (κ2) is 5.00. The summed E-state index contributed by atoms with van der Waals surface area (Å²) in [6, 6.07) is 0.489. The summed E-state index contributed by atoms with van der Waals surface area (Å²) in [6.07, 6.45) is 6.92. The van der Waals surface area contributed by atoms with Gasteiger partial charge in [-0.1, -0.05) is 25.4 Å². The van der Waals surface area contributed by atoms with Crippen LogP contribution in [0.5, 0.6) is 0 Å². The molecule has 1 heterocycles. The monoisotopic (exact) mass is 239 g/mol. The van der Waals surface area contributed by atoms with E-state index in [-0.39, 0.29) is 0 Å². The van der Waals surface area contributed by atoms with E-state index >= 15 is 0 Å². The Morgan fingerprint density at radius 2 is 2.19 bits per heavy atom. The van der Waals surface area contributed by atoms with Crippen LogP contribution in [-0.4, -0.2) is 16.0 Å². The number of halogens is 1. The van der Waals surface area contributed by atoms with Crippen LogP contribution in [0, 0.1) is 11.8 Å². The molecule has 3 unspecified atom stereocenters. The van der Waals surface area contributed by atoms with Gasteiger partial charge in [0.05, 0.1) is 6.20 Å². The number of hydrogen-bond acceptors (Lipinski definition) is 3. The molecule has 1 aliphatic carbocycles. The molecule has 2 rings (SSSR count). The third-order valence-corrected chi connectivity index (χ3v) is 3.70. The molecule has 1 fully saturated rings. The Bertz CT molecular complexity index is 356. The highest BCUT2D eigenvalue weighted by molar-refractivity contribution is 6.32. The lowest BCUT2D eigenvalue weighted by Crippen LogP contribution is -2.33. The fraction of sp³-hybridized carbons (Fsp3) is 0.667. The molecule has 3 nitrogen and oxygen atoms in total. The van der Waals surface area contributed by atoms with Crippen LogP contribution in [0.4, 0.5) is 5.82 Å². The number of nitrogens with zero attached hydrogens (tertiary/aromatic N) is 2. The van der Waals surface area contributed by atoms with Gasteiger partial charge in [-0.2, -0.15) is 0 Å². The van der Waals surface area contributed by atoms with Crippen molar-refractivity contribution >= 4 is 17.4 Å². The van der Waals surface area contributed by atoms with Crippen LogP contribution >= 0.6 is 11.6 Å². The zero-order chi connectivity index (χ0) is 11.5. The maximum Gasteiger partial charge on any atom is 0.148 e. The van der Waals surface area contributed by atoms with Gasteiger partial charge in [0.1, 0.15) is 17.2 Å². The zero-order valence-electron chi connectivity index (χ0n) is 9.78. The van der Waals surface area contributed by atoms with Crippen molar-refractivity contribution in [2.75, 3.05) is 5.32 Å². The Hall–Kier alpha value is -0.830. The fourth-order valence-electron chi connectivity index (χ4n) is 2.47. The summed E-state index contributed by atoms with van der Waals surface area (Å²) in [4.78, 5) is 8.06. The summed E-state index contributed by atoms with van der Waals surface area (Å²) >= 11 is 6.03. The second-order valence-corrected chi connectivity index (χ2v) is 5.27. The van der Waals surface area contributed by atoms with Crippen molar-refractivity contribution in [3.8, 4) is 0 Å². The Morgan fingerprint density at radius 3 is 2.88 bits per heavy atom. The molecule has 1 aromatic heterocycles. The van der Waals surface area contributed by atoms with Gasteiger partial charge >= 0.3 is 0 Å². The minimum atomic E-state index is 0.489. The molecule has 1 aliphatic rings. The molecular formula is C12H18ClN3. The van der Waals surface area contributed by atoms with E-state index < -0.39 is 0 Å². The van der Waals surface area contributed by atoms with Crippen LogP contribution in [0.3, 0.4) is 0 Å². The first-order valence-corrected chi connectivity index (χ1v) is 6.26. The highest BCUT2D eigenvalue weighted by atomic mass is 35.5. The molecular weight excluding hydrogens is 222 g/mol. The predicted molar refractivity (Wildman–Crippen MR) is 66.6 cm³/mol. The highest BCUT2D eigenvalue weighted by Crippen LogP contribution is 2.31. The van der Waals surface area contributed by atoms with E-state index in [0.717, 1.165) is 11.7 Å². The molecule has 1 N–H and O–H groups in total. The molecule has 0 saturated heterocycles. The maximum atomic E-state index is 6.03. The lowest BCUT2D eigenvalue weighted by molar-refractivity contribution is 0.276. The lowest BCUT2D eigenvalue weighted by atomic mass is 9.80. The molecule has 16 heavy (non-hydrogen) atoms. The molecule has 3 atom stereocenters. The Balaban J connectivity index is 2.02. The quantitative estimate of drug-likeness (QED) is 0.860. The van der Waals surface area contributed by atoms with Crippen LogP contribution in [0.2, 0.25) is 5.02 Å². The zero-order valence-corrected chi connectivity index (χ0v) is 10.5. The summed E-state index contributed by atoms with van der Waals surface area (Å²) < 4.78 is 0. The first-order chi connectivity index (χ1) is 7.66. The van der Waals surface area contributed by atoms with E-state index in [2.05, 4.69) is 29.1 Å². The molecule has 88 valence electrons. The Labute approximate surface area is 102 Å². The first-order valence-electron chi connectivity index (χ1n) is 5.89. The van der Waals surface area contributed by atoms with Gasteiger partial charge in [0.25, 0.3) is 0 Å². The van der Waals surface area contributed by atoms with E-state index in [4.69, 9.17) is 11.6 Å². The minimum absolute atomic E-state index is 0.489. The van der Waals surface area contributed by atoms with Crippen molar-refractivity contribution in [2.45, 2.75) is 39.2 Å². The predicted octanol–water partition coefficient (Wildman–Crippen LogP) is 3.37. The van der Waals surface area contributed by atoms with Gasteiger partial charge in [-0.15, -0.1) is 0 Å². The summed E-state index contributed by atoms with van der Waals surface area (Å²) in [7, 11) is 0. The summed E-state index contributed by atoms with van der Waals surface area (Å²) in [5.41, 5.74) is 0. The van der Waals surface area contributed by atoms with Gasteiger partial charge in [0.15, 0.2) is 0 Å². The topological polar surface area (TPSA) is 37.8 Å². The number of nitrogens with one attached hydrogen (secondary N) is 1. The van der Waals surface area contributed by atoms with E-state index in [9.17, 15) is 0 Å². The van der Waals surface area contributed by atoms with E-state index in [1.54, 1.807) is 6.20 Å². The van der Waals surface area contributed by atoms with Crippen molar-refractivity contribution in [1.29, 1.82) is 0 Å². The third-order valence-electron chi connectivity index (χ3n) is 3.42. The van der Waals surface area contributed by atoms with Crippen molar-refractivity contribution in [3.63, 3.8) is 0 Å². The average molecular weight is 240 g/mol. The number of aromatic nitrogens is 2. The van der Waals surface area contributed by atoms with E-state index in [1.807, 2.05) is 0 Å². The SMILES string of the molecule is CC1CCC(Nc2ncncc2Cl)C(C)C1. The van der Waals surface area contributed by atoms with Crippen LogP contribution < -0.4 is 5.32 Å². The second-order valence-electron chi connectivity index (χ2n) is 4.87. The van der Waals surface area contributed by atoms with Gasteiger partial charge in [-0.25, -0.2) is 9.97 Å². The van der Waals surface area contributed by atoms with Gasteiger partial charge in [0.2, 0.25) is 0 Å². The molecule has 0 aromatic carbocycles. The van der Waals surface area contributed by atoms with Crippen LogP contribution in [0.15, 0.2) is 12.5 Å². The fourth-order valence-corrected chi connectivity index (χ4v) is 2.63. The van der Waals surface area contributed by atoms with Gasteiger partial charge in [0, 0.05) is 6.04 Å². The van der Waals surface area contributed by atoms with Crippen molar-refractivity contribution in [2.24, 2.45) is 11.8 Å². The lowest BCUT2D eigenvalue weighted by Gasteiger charge is -2.33. The van der Waals surface area contributed by atoms with Crippen molar-refractivity contribution < 1.29 is 0 Å². The Kier molecular flexibility index (Phi) is 3.64. The molecule has 0 aliphatic heterocycles. The minimum Gasteiger partial charge on any atom is -0.366 e. The van der Waals surface area contributed by atoms with Crippen LogP contribution in [-0.2, 0) is 0 Å². The molecule has 0 amide bonds. The number of hydrogen-bond donors (Lipinski definition) is 1. The smallest absolute Gasteiger partial charge is 0.148 e. The summed E-state index contributed by atoms with van der Waals surface area (Å²) in [5.74, 6) is 2.28. The molecule has 1 aromatic rings. The van der Waals surface area contributed by atoms with Gasteiger partial charge < -0.3 is 5.32 Å².